The normalized spacial score (nSPS) is 20.9. The summed E-state index contributed by atoms with van der Waals surface area (Å²) >= 11 is 0. The summed E-state index contributed by atoms with van der Waals surface area (Å²) in [5.74, 6) is -1.91. The average Bonchev–Trinajstić information content (AvgIpc) is 2.86. The minimum atomic E-state index is -4.65. The summed E-state index contributed by atoms with van der Waals surface area (Å²) in [5.41, 5.74) is -1.97. The minimum absolute atomic E-state index is 0.0699. The Morgan fingerprint density at radius 1 is 0.929 bits per heavy atom. The highest BCUT2D eigenvalue weighted by Crippen LogP contribution is 2.46. The van der Waals surface area contributed by atoms with Crippen LogP contribution in [0.5, 0.6) is 0 Å². The van der Waals surface area contributed by atoms with Gasteiger partial charge in [-0.1, -0.05) is 18.2 Å². The number of carbonyl (C=O) groups is 1. The fourth-order valence-corrected chi connectivity index (χ4v) is 3.38. The number of ketones is 1. The van der Waals surface area contributed by atoms with E-state index in [9.17, 15) is 36.2 Å². The second kappa shape index (κ2) is 6.89. The molecule has 1 aliphatic rings. The quantitative estimate of drug-likeness (QED) is 0.736. The molecular formula is C19H14F6O3. The van der Waals surface area contributed by atoms with E-state index in [-0.39, 0.29) is 16.7 Å². The van der Waals surface area contributed by atoms with Gasteiger partial charge in [-0.15, -0.1) is 0 Å². The molecule has 0 heterocycles. The number of halogens is 6. The third-order valence-corrected chi connectivity index (χ3v) is 4.75. The molecule has 3 nitrogen and oxygen atoms in total. The Kier molecular flexibility index (Phi) is 5.01. The molecule has 3 rings (SSSR count). The van der Waals surface area contributed by atoms with Crippen LogP contribution in [0, 0.1) is 5.92 Å². The van der Waals surface area contributed by atoms with Crippen LogP contribution in [-0.4, -0.2) is 18.0 Å². The maximum atomic E-state index is 12.9. The zero-order chi connectivity index (χ0) is 20.9. The predicted molar refractivity (Wildman–Crippen MR) is 85.4 cm³/mol. The van der Waals surface area contributed by atoms with Gasteiger partial charge in [-0.2, -0.15) is 26.3 Å². The summed E-state index contributed by atoms with van der Waals surface area (Å²) < 4.78 is 82.2. The van der Waals surface area contributed by atoms with Gasteiger partial charge in [0.1, 0.15) is 0 Å². The molecule has 0 radical (unpaired) electrons. The standard InChI is InChI=1S/C19H14F6O3/c1-28-17(9-2-4-10(5-3-9)18(20,21)22)14-15(26)12-7-6-11(19(23,24)25)8-13(12)16(14)27/h2-8,14,16-17,27H,1H3. The van der Waals surface area contributed by atoms with Crippen molar-refractivity contribution < 1.29 is 41.0 Å². The maximum absolute atomic E-state index is 12.9. The fraction of sp³-hybridized carbons (Fsp3) is 0.316. The van der Waals surface area contributed by atoms with Crippen molar-refractivity contribution in [2.24, 2.45) is 5.92 Å². The van der Waals surface area contributed by atoms with Gasteiger partial charge in [-0.25, -0.2) is 0 Å². The van der Waals surface area contributed by atoms with E-state index in [2.05, 4.69) is 0 Å². The van der Waals surface area contributed by atoms with E-state index < -0.39 is 47.4 Å². The molecule has 3 unspecified atom stereocenters. The van der Waals surface area contributed by atoms with Gasteiger partial charge in [0, 0.05) is 12.7 Å². The number of aliphatic hydroxyl groups is 1. The smallest absolute Gasteiger partial charge is 0.388 e. The van der Waals surface area contributed by atoms with Crippen LogP contribution < -0.4 is 0 Å². The summed E-state index contributed by atoms with van der Waals surface area (Å²) in [6, 6.07) is 6.28. The molecule has 0 amide bonds. The first kappa shape index (κ1) is 20.3. The molecule has 0 spiro atoms. The molecule has 0 saturated heterocycles. The lowest BCUT2D eigenvalue weighted by Crippen LogP contribution is -2.24. The molecule has 3 atom stereocenters. The number of hydrogen-bond donors (Lipinski definition) is 1. The molecule has 0 fully saturated rings. The number of fused-ring (bicyclic) bond motifs is 1. The zero-order valence-corrected chi connectivity index (χ0v) is 14.3. The lowest BCUT2D eigenvalue weighted by atomic mass is 9.90. The van der Waals surface area contributed by atoms with Crippen molar-refractivity contribution in [3.05, 3.63) is 70.3 Å². The van der Waals surface area contributed by atoms with Gasteiger partial charge >= 0.3 is 12.4 Å². The van der Waals surface area contributed by atoms with Crippen molar-refractivity contribution in [1.82, 2.24) is 0 Å². The Morgan fingerprint density at radius 2 is 1.46 bits per heavy atom. The molecule has 0 aliphatic heterocycles. The van der Waals surface area contributed by atoms with Crippen LogP contribution in [-0.2, 0) is 17.1 Å². The van der Waals surface area contributed by atoms with Crippen molar-refractivity contribution in [3.63, 3.8) is 0 Å². The highest BCUT2D eigenvalue weighted by molar-refractivity contribution is 6.03. The first-order valence-corrected chi connectivity index (χ1v) is 8.08. The molecular weight excluding hydrogens is 390 g/mol. The molecule has 2 aromatic rings. The number of alkyl halides is 6. The number of rotatable bonds is 3. The average molecular weight is 404 g/mol. The lowest BCUT2D eigenvalue weighted by molar-refractivity contribution is -0.138. The third-order valence-electron chi connectivity index (χ3n) is 4.75. The SMILES string of the molecule is COC(c1ccc(C(F)(F)F)cc1)C1C(=O)c2ccc(C(F)(F)F)cc2C1O. The van der Waals surface area contributed by atoms with Crippen LogP contribution in [0.3, 0.4) is 0 Å². The number of carbonyl (C=O) groups excluding carboxylic acids is 1. The Labute approximate surface area is 155 Å². The fourth-order valence-electron chi connectivity index (χ4n) is 3.38. The molecule has 28 heavy (non-hydrogen) atoms. The number of benzene rings is 2. The third kappa shape index (κ3) is 3.51. The lowest BCUT2D eigenvalue weighted by Gasteiger charge is -2.24. The highest BCUT2D eigenvalue weighted by atomic mass is 19.4. The van der Waals surface area contributed by atoms with Crippen LogP contribution in [0.25, 0.3) is 0 Å². The Bertz CT molecular complexity index is 886. The van der Waals surface area contributed by atoms with Gasteiger partial charge in [0.15, 0.2) is 5.78 Å². The Hall–Kier alpha value is -2.39. The van der Waals surface area contributed by atoms with Gasteiger partial charge in [-0.3, -0.25) is 4.79 Å². The van der Waals surface area contributed by atoms with Gasteiger partial charge in [-0.05, 0) is 35.4 Å². The van der Waals surface area contributed by atoms with Gasteiger partial charge in [0.25, 0.3) is 0 Å². The molecule has 1 aliphatic carbocycles. The number of hydrogen-bond acceptors (Lipinski definition) is 3. The van der Waals surface area contributed by atoms with Crippen LogP contribution in [0.4, 0.5) is 26.3 Å². The summed E-state index contributed by atoms with van der Waals surface area (Å²) in [6.45, 7) is 0. The van der Waals surface area contributed by atoms with E-state index >= 15 is 0 Å². The van der Waals surface area contributed by atoms with E-state index in [1.54, 1.807) is 0 Å². The van der Waals surface area contributed by atoms with Gasteiger partial charge in [0.2, 0.25) is 0 Å². The van der Waals surface area contributed by atoms with Crippen LogP contribution in [0.1, 0.15) is 44.8 Å². The van der Waals surface area contributed by atoms with Crippen LogP contribution in [0.15, 0.2) is 42.5 Å². The predicted octanol–water partition coefficient (Wildman–Crippen LogP) is 4.96. The van der Waals surface area contributed by atoms with Crippen molar-refractivity contribution in [2.75, 3.05) is 7.11 Å². The molecule has 0 aromatic heterocycles. The number of Topliss-reactive ketones (excluding diaryl/α,β-unsaturated/α-hetero) is 1. The first-order valence-electron chi connectivity index (χ1n) is 8.08. The van der Waals surface area contributed by atoms with E-state index in [1.807, 2.05) is 0 Å². The second-order valence-corrected chi connectivity index (χ2v) is 6.41. The van der Waals surface area contributed by atoms with Crippen molar-refractivity contribution in [3.8, 4) is 0 Å². The van der Waals surface area contributed by atoms with Crippen molar-refractivity contribution in [2.45, 2.75) is 24.6 Å². The van der Waals surface area contributed by atoms with Crippen LogP contribution in [0.2, 0.25) is 0 Å². The maximum Gasteiger partial charge on any atom is 0.416 e. The highest BCUT2D eigenvalue weighted by Gasteiger charge is 2.45. The molecule has 9 heteroatoms. The van der Waals surface area contributed by atoms with Crippen LogP contribution >= 0.6 is 0 Å². The molecule has 150 valence electrons. The monoisotopic (exact) mass is 404 g/mol. The number of ether oxygens (including phenoxy) is 1. The molecule has 0 bridgehead atoms. The number of aliphatic hydroxyl groups excluding tert-OH is 1. The van der Waals surface area contributed by atoms with E-state index in [4.69, 9.17) is 4.74 Å². The number of methoxy groups -OCH3 is 1. The van der Waals surface area contributed by atoms with E-state index in [0.717, 1.165) is 36.4 Å². The van der Waals surface area contributed by atoms with Crippen molar-refractivity contribution >= 4 is 5.78 Å². The van der Waals surface area contributed by atoms with E-state index in [0.29, 0.717) is 6.07 Å². The second-order valence-electron chi connectivity index (χ2n) is 6.41. The van der Waals surface area contributed by atoms with Gasteiger partial charge < -0.3 is 9.84 Å². The summed E-state index contributed by atoms with van der Waals surface area (Å²) in [5, 5.41) is 10.5. The largest absolute Gasteiger partial charge is 0.416 e. The molecule has 1 N–H and O–H groups in total. The Balaban J connectivity index is 1.96. The molecule has 2 aromatic carbocycles. The van der Waals surface area contributed by atoms with E-state index in [1.165, 1.54) is 7.11 Å². The van der Waals surface area contributed by atoms with Gasteiger partial charge in [0.05, 0.1) is 29.3 Å². The Morgan fingerprint density at radius 3 is 1.96 bits per heavy atom. The summed E-state index contributed by atoms with van der Waals surface area (Å²) in [7, 11) is 1.20. The summed E-state index contributed by atoms with van der Waals surface area (Å²) in [6.07, 6.45) is -11.9. The minimum Gasteiger partial charge on any atom is -0.388 e. The first-order chi connectivity index (χ1) is 12.9. The zero-order valence-electron chi connectivity index (χ0n) is 14.3. The molecule has 0 saturated carbocycles. The topological polar surface area (TPSA) is 46.5 Å². The summed E-state index contributed by atoms with van der Waals surface area (Å²) in [4.78, 5) is 12.7. The van der Waals surface area contributed by atoms with Crippen molar-refractivity contribution in [1.29, 1.82) is 0 Å².